The van der Waals surface area contributed by atoms with E-state index < -0.39 is 0 Å². The van der Waals surface area contributed by atoms with Crippen LogP contribution in [0.15, 0.2) is 12.3 Å². The second-order valence-electron chi connectivity index (χ2n) is 4.26. The minimum atomic E-state index is 0.631. The second-order valence-corrected chi connectivity index (χ2v) is 4.26. The maximum absolute atomic E-state index is 5.44. The molecule has 0 amide bonds. The van der Waals surface area contributed by atoms with Gasteiger partial charge in [-0.25, -0.2) is 15.8 Å². The number of aromatic nitrogens is 4. The number of rotatable bonds is 4. The van der Waals surface area contributed by atoms with Crippen LogP contribution < -0.4 is 11.3 Å². The summed E-state index contributed by atoms with van der Waals surface area (Å²) in [5, 5.41) is 4.30. The molecule has 3 N–H and O–H groups in total. The van der Waals surface area contributed by atoms with Crippen molar-refractivity contribution in [1.29, 1.82) is 0 Å². The van der Waals surface area contributed by atoms with E-state index in [9.17, 15) is 0 Å². The van der Waals surface area contributed by atoms with Crippen LogP contribution in [0.1, 0.15) is 24.7 Å². The molecular formula is C12H18N6. The van der Waals surface area contributed by atoms with Crippen molar-refractivity contribution in [2.24, 2.45) is 12.9 Å². The van der Waals surface area contributed by atoms with E-state index in [1.54, 1.807) is 4.68 Å². The molecule has 0 atom stereocenters. The van der Waals surface area contributed by atoms with Crippen LogP contribution in [-0.2, 0) is 13.5 Å². The number of nitrogens with one attached hydrogen (secondary N) is 1. The Morgan fingerprint density at radius 3 is 2.72 bits per heavy atom. The molecule has 0 bridgehead atoms. The number of hydrogen-bond donors (Lipinski definition) is 2. The van der Waals surface area contributed by atoms with Gasteiger partial charge >= 0.3 is 0 Å². The van der Waals surface area contributed by atoms with Gasteiger partial charge in [-0.3, -0.25) is 4.68 Å². The van der Waals surface area contributed by atoms with E-state index in [-0.39, 0.29) is 0 Å². The lowest BCUT2D eigenvalue weighted by atomic mass is 10.2. The minimum Gasteiger partial charge on any atom is -0.308 e. The molecule has 18 heavy (non-hydrogen) atoms. The molecule has 0 fully saturated rings. The highest BCUT2D eigenvalue weighted by molar-refractivity contribution is 5.59. The quantitative estimate of drug-likeness (QED) is 0.630. The maximum atomic E-state index is 5.44. The van der Waals surface area contributed by atoms with Crippen LogP contribution in [0.25, 0.3) is 11.4 Å². The Morgan fingerprint density at radius 1 is 1.39 bits per heavy atom. The van der Waals surface area contributed by atoms with Crippen molar-refractivity contribution >= 4 is 5.82 Å². The smallest absolute Gasteiger partial charge is 0.165 e. The van der Waals surface area contributed by atoms with E-state index in [0.29, 0.717) is 11.6 Å². The topological polar surface area (TPSA) is 81.6 Å². The van der Waals surface area contributed by atoms with Crippen molar-refractivity contribution < 1.29 is 0 Å². The predicted octanol–water partition coefficient (Wildman–Crippen LogP) is 1.42. The molecule has 2 rings (SSSR count). The fraction of sp³-hybridized carbons (Fsp3) is 0.417. The fourth-order valence-corrected chi connectivity index (χ4v) is 1.90. The molecule has 96 valence electrons. The van der Waals surface area contributed by atoms with Crippen LogP contribution >= 0.6 is 0 Å². The van der Waals surface area contributed by atoms with E-state index in [1.165, 1.54) is 0 Å². The molecule has 2 aromatic heterocycles. The Bertz CT molecular complexity index is 545. The summed E-state index contributed by atoms with van der Waals surface area (Å²) < 4.78 is 1.76. The van der Waals surface area contributed by atoms with Gasteiger partial charge in [-0.2, -0.15) is 5.10 Å². The van der Waals surface area contributed by atoms with Crippen molar-refractivity contribution in [3.8, 4) is 11.4 Å². The van der Waals surface area contributed by atoms with Gasteiger partial charge in [0.05, 0.1) is 11.3 Å². The Morgan fingerprint density at radius 2 is 2.17 bits per heavy atom. The lowest BCUT2D eigenvalue weighted by Crippen LogP contribution is -2.10. The van der Waals surface area contributed by atoms with E-state index in [4.69, 9.17) is 5.84 Å². The highest BCUT2D eigenvalue weighted by atomic mass is 15.3. The molecule has 0 saturated heterocycles. The summed E-state index contributed by atoms with van der Waals surface area (Å²) >= 11 is 0. The summed E-state index contributed by atoms with van der Waals surface area (Å²) in [5.74, 6) is 6.74. The van der Waals surface area contributed by atoms with Gasteiger partial charge in [-0.15, -0.1) is 0 Å². The number of hydrazine groups is 1. The van der Waals surface area contributed by atoms with Crippen LogP contribution in [0.5, 0.6) is 0 Å². The first-order chi connectivity index (χ1) is 8.63. The number of hydrogen-bond acceptors (Lipinski definition) is 5. The summed E-state index contributed by atoms with van der Waals surface area (Å²) in [4.78, 5) is 8.93. The van der Waals surface area contributed by atoms with Gasteiger partial charge in [-0.1, -0.05) is 13.3 Å². The fourth-order valence-electron chi connectivity index (χ4n) is 1.90. The zero-order chi connectivity index (χ0) is 13.1. The molecule has 0 radical (unpaired) electrons. The first-order valence-corrected chi connectivity index (χ1v) is 5.99. The number of nitrogen functional groups attached to an aromatic ring is 1. The van der Waals surface area contributed by atoms with Crippen LogP contribution in [0.3, 0.4) is 0 Å². The number of anilines is 1. The van der Waals surface area contributed by atoms with Crippen molar-refractivity contribution in [2.75, 3.05) is 5.43 Å². The highest BCUT2D eigenvalue weighted by Gasteiger charge is 2.11. The molecule has 0 aliphatic carbocycles. The summed E-state index contributed by atoms with van der Waals surface area (Å²) in [7, 11) is 1.88. The van der Waals surface area contributed by atoms with Crippen LogP contribution in [-0.4, -0.2) is 19.7 Å². The molecule has 0 aromatic carbocycles. The molecule has 0 unspecified atom stereocenters. The van der Waals surface area contributed by atoms with Crippen molar-refractivity contribution in [3.63, 3.8) is 0 Å². The summed E-state index contributed by atoms with van der Waals surface area (Å²) in [6.07, 6.45) is 3.86. The van der Waals surface area contributed by atoms with E-state index in [1.807, 2.05) is 26.2 Å². The van der Waals surface area contributed by atoms with E-state index >= 15 is 0 Å². The normalized spacial score (nSPS) is 10.7. The monoisotopic (exact) mass is 246 g/mol. The zero-order valence-electron chi connectivity index (χ0n) is 10.9. The van der Waals surface area contributed by atoms with Crippen LogP contribution in [0.4, 0.5) is 5.82 Å². The first kappa shape index (κ1) is 12.5. The molecular weight excluding hydrogens is 228 g/mol. The lowest BCUT2D eigenvalue weighted by Gasteiger charge is -2.06. The Hall–Kier alpha value is -1.95. The van der Waals surface area contributed by atoms with Gasteiger partial charge < -0.3 is 5.43 Å². The third kappa shape index (κ3) is 2.48. The van der Waals surface area contributed by atoms with Crippen LogP contribution in [0, 0.1) is 6.92 Å². The molecule has 0 saturated carbocycles. The largest absolute Gasteiger partial charge is 0.308 e. The third-order valence-electron chi connectivity index (χ3n) is 2.69. The number of nitrogens with zero attached hydrogens (tertiary/aromatic N) is 4. The highest BCUT2D eigenvalue weighted by Crippen LogP contribution is 2.20. The molecule has 0 aliphatic rings. The Balaban J connectivity index is 2.49. The lowest BCUT2D eigenvalue weighted by molar-refractivity contribution is 0.756. The third-order valence-corrected chi connectivity index (χ3v) is 2.69. The van der Waals surface area contributed by atoms with Gasteiger partial charge in [0.25, 0.3) is 0 Å². The van der Waals surface area contributed by atoms with Gasteiger partial charge in [0.15, 0.2) is 5.82 Å². The summed E-state index contributed by atoms with van der Waals surface area (Å²) in [5.41, 5.74) is 5.42. The van der Waals surface area contributed by atoms with Crippen molar-refractivity contribution in [1.82, 2.24) is 19.7 Å². The zero-order valence-corrected chi connectivity index (χ0v) is 10.9. The predicted molar refractivity (Wildman–Crippen MR) is 70.8 cm³/mol. The van der Waals surface area contributed by atoms with E-state index in [0.717, 1.165) is 29.8 Å². The number of nitrogens with two attached hydrogens (primary N) is 1. The standard InChI is InChI=1S/C12H18N6/c1-4-5-9-6-11(16-13)15-12(14-9)10-7-18(3)17-8(10)2/h6-7H,4-5,13H2,1-3H3,(H,14,15,16). The Kier molecular flexibility index (Phi) is 3.57. The van der Waals surface area contributed by atoms with Crippen LogP contribution in [0.2, 0.25) is 0 Å². The average Bonchev–Trinajstić information content (AvgIpc) is 2.68. The summed E-state index contributed by atoms with van der Waals surface area (Å²) in [6.45, 7) is 4.06. The average molecular weight is 246 g/mol. The van der Waals surface area contributed by atoms with Gasteiger partial charge in [0.1, 0.15) is 5.82 Å². The molecule has 0 spiro atoms. The van der Waals surface area contributed by atoms with Gasteiger partial charge in [0.2, 0.25) is 0 Å². The molecule has 2 heterocycles. The number of aryl methyl sites for hydroxylation is 3. The Labute approximate surface area is 106 Å². The molecule has 2 aromatic rings. The molecule has 6 heteroatoms. The van der Waals surface area contributed by atoms with Crippen molar-refractivity contribution in [2.45, 2.75) is 26.7 Å². The van der Waals surface area contributed by atoms with E-state index in [2.05, 4.69) is 27.4 Å². The maximum Gasteiger partial charge on any atom is 0.165 e. The molecule has 0 aliphatic heterocycles. The second kappa shape index (κ2) is 5.14. The SMILES string of the molecule is CCCc1cc(NN)nc(-c2cn(C)nc2C)n1. The van der Waals surface area contributed by atoms with Gasteiger partial charge in [0, 0.05) is 25.0 Å². The minimum absolute atomic E-state index is 0.631. The molecule has 6 nitrogen and oxygen atoms in total. The first-order valence-electron chi connectivity index (χ1n) is 5.99. The summed E-state index contributed by atoms with van der Waals surface area (Å²) in [6, 6.07) is 1.87. The van der Waals surface area contributed by atoms with Gasteiger partial charge in [-0.05, 0) is 13.3 Å². The van der Waals surface area contributed by atoms with Crippen molar-refractivity contribution in [3.05, 3.63) is 23.7 Å².